The van der Waals surface area contributed by atoms with Crippen LogP contribution in [0.1, 0.15) is 60.3 Å². The maximum Gasteiger partial charge on any atom is 0.280 e. The van der Waals surface area contributed by atoms with Gasteiger partial charge in [-0.15, -0.1) is 0 Å². The average Bonchev–Trinajstić information content (AvgIpc) is 2.76. The van der Waals surface area contributed by atoms with Crippen LogP contribution in [0.5, 0.6) is 0 Å². The molecule has 0 aliphatic heterocycles. The number of carbonyl (C=O) groups excluding carboxylic acids is 1. The van der Waals surface area contributed by atoms with Crippen molar-refractivity contribution in [3.63, 3.8) is 0 Å². The monoisotopic (exact) mass is 457 g/mol. The van der Waals surface area contributed by atoms with Gasteiger partial charge in [-0.3, -0.25) is 9.59 Å². The van der Waals surface area contributed by atoms with Gasteiger partial charge in [0.25, 0.3) is 11.5 Å². The van der Waals surface area contributed by atoms with Crippen LogP contribution in [0.2, 0.25) is 0 Å². The Hall–Kier alpha value is -3.29. The van der Waals surface area contributed by atoms with Crippen molar-refractivity contribution in [2.45, 2.75) is 45.3 Å². The Morgan fingerprint density at radius 3 is 2.58 bits per heavy atom. The number of alkyl halides is 1. The Morgan fingerprint density at radius 1 is 1.18 bits per heavy atom. The van der Waals surface area contributed by atoms with Gasteiger partial charge in [0.2, 0.25) is 0 Å². The Balaban J connectivity index is 1.85. The lowest BCUT2D eigenvalue weighted by Gasteiger charge is -2.35. The molecule has 4 rings (SSSR count). The molecule has 0 spiro atoms. The predicted molar refractivity (Wildman–Crippen MR) is 121 cm³/mol. The van der Waals surface area contributed by atoms with Crippen LogP contribution >= 0.6 is 0 Å². The minimum atomic E-state index is -1.10. The largest absolute Gasteiger partial charge is 0.345 e. The molecule has 1 aromatic heterocycles. The van der Waals surface area contributed by atoms with Gasteiger partial charge in [0.05, 0.1) is 22.7 Å². The molecule has 2 N–H and O–H groups in total. The first-order valence-electron chi connectivity index (χ1n) is 11.2. The van der Waals surface area contributed by atoms with Crippen LogP contribution in [-0.2, 0) is 6.67 Å². The molecule has 0 radical (unpaired) electrons. The highest BCUT2D eigenvalue weighted by Crippen LogP contribution is 2.38. The first kappa shape index (κ1) is 22.9. The lowest BCUT2D eigenvalue weighted by Crippen LogP contribution is -2.39. The molecular weight excluding hydrogens is 431 g/mol. The number of hydrogen-bond donors (Lipinski definition) is 2. The van der Waals surface area contributed by atoms with Crippen molar-refractivity contribution >= 4 is 16.7 Å². The molecule has 0 saturated heterocycles. The number of pyridine rings is 1. The number of amides is 1. The summed E-state index contributed by atoms with van der Waals surface area (Å²) in [4.78, 5) is 26.5. The summed E-state index contributed by atoms with van der Waals surface area (Å²) in [5, 5.41) is 2.69. The average molecular weight is 457 g/mol. The van der Waals surface area contributed by atoms with Crippen molar-refractivity contribution in [1.82, 2.24) is 9.99 Å². The highest BCUT2D eigenvalue weighted by molar-refractivity contribution is 6.08. The standard InChI is InChI=1S/C25H26F3N3O2/c1-2-12-29-31-20(14-26)22(18-10-5-11-19(28)21(18)25(31)33)24(32)30-23(15-6-3-7-15)16-8-4-9-17(27)13-16/h4-5,8-11,13,15,23,29H,2-3,6-7,12,14H2,1H3,(H,30,32)/t23-/m0/s1. The fraction of sp³-hybridized carbons (Fsp3) is 0.360. The molecular formula is C25H26F3N3O2. The van der Waals surface area contributed by atoms with Crippen LogP contribution in [0.15, 0.2) is 47.3 Å². The highest BCUT2D eigenvalue weighted by Gasteiger charge is 2.32. The van der Waals surface area contributed by atoms with E-state index < -0.39 is 35.8 Å². The number of fused-ring (bicyclic) bond motifs is 1. The summed E-state index contributed by atoms with van der Waals surface area (Å²) in [6, 6.07) is 9.50. The van der Waals surface area contributed by atoms with E-state index in [1.807, 2.05) is 6.92 Å². The maximum atomic E-state index is 14.7. The molecule has 1 aliphatic rings. The number of nitrogens with zero attached hydrogens (tertiary/aromatic N) is 1. The smallest absolute Gasteiger partial charge is 0.280 e. The number of hydrogen-bond acceptors (Lipinski definition) is 3. The van der Waals surface area contributed by atoms with Crippen LogP contribution in [0.3, 0.4) is 0 Å². The third-order valence-corrected chi connectivity index (χ3v) is 6.25. The SMILES string of the molecule is CCCNn1c(CF)c(C(=O)N[C@H](c2cccc(F)c2)C2CCC2)c2cccc(F)c2c1=O. The van der Waals surface area contributed by atoms with E-state index in [1.165, 1.54) is 24.3 Å². The normalized spacial score (nSPS) is 14.7. The zero-order valence-corrected chi connectivity index (χ0v) is 18.3. The van der Waals surface area contributed by atoms with Crippen molar-refractivity contribution in [2.75, 3.05) is 12.0 Å². The van der Waals surface area contributed by atoms with E-state index in [-0.39, 0.29) is 27.9 Å². The molecule has 1 amide bonds. The lowest BCUT2D eigenvalue weighted by molar-refractivity contribution is 0.0899. The first-order valence-corrected chi connectivity index (χ1v) is 11.2. The summed E-state index contributed by atoms with van der Waals surface area (Å²) in [7, 11) is 0. The van der Waals surface area contributed by atoms with E-state index in [0.29, 0.717) is 18.5 Å². The second-order valence-corrected chi connectivity index (χ2v) is 8.36. The summed E-state index contributed by atoms with van der Waals surface area (Å²) in [6.45, 7) is 1.10. The van der Waals surface area contributed by atoms with E-state index in [9.17, 15) is 22.8 Å². The summed E-state index contributed by atoms with van der Waals surface area (Å²) in [5.41, 5.74) is 2.40. The van der Waals surface area contributed by atoms with Gasteiger partial charge in [-0.2, -0.15) is 0 Å². The molecule has 2 aromatic carbocycles. The van der Waals surface area contributed by atoms with Gasteiger partial charge in [-0.25, -0.2) is 17.8 Å². The zero-order valence-electron chi connectivity index (χ0n) is 18.3. The third kappa shape index (κ3) is 4.34. The van der Waals surface area contributed by atoms with E-state index in [2.05, 4.69) is 10.7 Å². The molecule has 174 valence electrons. The van der Waals surface area contributed by atoms with E-state index in [1.54, 1.807) is 12.1 Å². The molecule has 0 unspecified atom stereocenters. The topological polar surface area (TPSA) is 63.1 Å². The lowest BCUT2D eigenvalue weighted by atomic mass is 9.77. The summed E-state index contributed by atoms with van der Waals surface area (Å²) in [5.74, 6) is -1.73. The number of aromatic nitrogens is 1. The van der Waals surface area contributed by atoms with Crippen LogP contribution in [0.4, 0.5) is 13.2 Å². The van der Waals surface area contributed by atoms with Crippen molar-refractivity contribution in [3.05, 3.63) is 81.3 Å². The summed E-state index contributed by atoms with van der Waals surface area (Å²) >= 11 is 0. The number of nitrogens with one attached hydrogen (secondary N) is 2. The van der Waals surface area contributed by atoms with Crippen LogP contribution in [0, 0.1) is 17.6 Å². The fourth-order valence-corrected chi connectivity index (χ4v) is 4.38. The van der Waals surface area contributed by atoms with Crippen LogP contribution < -0.4 is 16.3 Å². The van der Waals surface area contributed by atoms with E-state index in [0.717, 1.165) is 30.0 Å². The first-order chi connectivity index (χ1) is 16.0. The molecule has 8 heteroatoms. The van der Waals surface area contributed by atoms with Gasteiger partial charge >= 0.3 is 0 Å². The minimum absolute atomic E-state index is 0.0475. The quantitative estimate of drug-likeness (QED) is 0.502. The number of benzene rings is 2. The molecule has 1 atom stereocenters. The zero-order chi connectivity index (χ0) is 23.5. The Kier molecular flexibility index (Phi) is 6.72. The summed E-state index contributed by atoms with van der Waals surface area (Å²) in [6.07, 6.45) is 3.37. The van der Waals surface area contributed by atoms with Gasteiger partial charge in [-0.05, 0) is 48.9 Å². The van der Waals surface area contributed by atoms with Crippen molar-refractivity contribution in [1.29, 1.82) is 0 Å². The Morgan fingerprint density at radius 2 is 1.94 bits per heavy atom. The molecule has 3 aromatic rings. The summed E-state index contributed by atoms with van der Waals surface area (Å²) < 4.78 is 43.8. The third-order valence-electron chi connectivity index (χ3n) is 6.25. The maximum absolute atomic E-state index is 14.7. The number of carbonyl (C=O) groups is 1. The van der Waals surface area contributed by atoms with Gasteiger partial charge in [0, 0.05) is 11.9 Å². The molecule has 1 heterocycles. The van der Waals surface area contributed by atoms with Crippen LogP contribution in [0.25, 0.3) is 10.8 Å². The molecule has 5 nitrogen and oxygen atoms in total. The van der Waals surface area contributed by atoms with Crippen molar-refractivity contribution in [2.24, 2.45) is 5.92 Å². The predicted octanol–water partition coefficient (Wildman–Crippen LogP) is 4.97. The van der Waals surface area contributed by atoms with Crippen molar-refractivity contribution < 1.29 is 18.0 Å². The van der Waals surface area contributed by atoms with Gasteiger partial charge in [0.1, 0.15) is 18.3 Å². The van der Waals surface area contributed by atoms with E-state index >= 15 is 0 Å². The molecule has 1 aliphatic carbocycles. The minimum Gasteiger partial charge on any atom is -0.345 e. The highest BCUT2D eigenvalue weighted by atomic mass is 19.1. The van der Waals surface area contributed by atoms with Crippen molar-refractivity contribution in [3.8, 4) is 0 Å². The van der Waals surface area contributed by atoms with Gasteiger partial charge in [0.15, 0.2) is 0 Å². The Bertz CT molecular complexity index is 1240. The Labute approximate surface area is 189 Å². The van der Waals surface area contributed by atoms with Gasteiger partial charge < -0.3 is 10.7 Å². The molecule has 1 saturated carbocycles. The van der Waals surface area contributed by atoms with E-state index in [4.69, 9.17) is 0 Å². The molecule has 33 heavy (non-hydrogen) atoms. The number of rotatable bonds is 8. The molecule has 0 bridgehead atoms. The second-order valence-electron chi connectivity index (χ2n) is 8.36. The number of halogens is 3. The second kappa shape index (κ2) is 9.68. The van der Waals surface area contributed by atoms with Gasteiger partial charge in [-0.1, -0.05) is 37.6 Å². The van der Waals surface area contributed by atoms with Crippen LogP contribution in [-0.4, -0.2) is 17.1 Å². The molecule has 1 fully saturated rings. The fourth-order valence-electron chi connectivity index (χ4n) is 4.38.